The number of halogens is 3. The molecule has 0 unspecified atom stereocenters. The van der Waals surface area contributed by atoms with Crippen molar-refractivity contribution in [2.24, 2.45) is 5.92 Å². The quantitative estimate of drug-likeness (QED) is 0.600. The van der Waals surface area contributed by atoms with Crippen molar-refractivity contribution in [3.05, 3.63) is 0 Å². The monoisotopic (exact) mass is 243 g/mol. The first kappa shape index (κ1) is 11.4. The van der Waals surface area contributed by atoms with E-state index in [1.807, 2.05) is 0 Å². The number of amides is 1. The third-order valence-corrected chi connectivity index (χ3v) is 2.80. The molecule has 1 aliphatic heterocycles. The highest BCUT2D eigenvalue weighted by atomic mass is 35.6. The molecule has 1 aliphatic rings. The normalized spacial score (nSPS) is 20.5. The molecular formula is C8H12Cl3NO. The van der Waals surface area contributed by atoms with Gasteiger partial charge in [-0.2, -0.15) is 0 Å². The minimum absolute atomic E-state index is 0.399. The molecule has 0 aliphatic carbocycles. The molecule has 0 bridgehead atoms. The summed E-state index contributed by atoms with van der Waals surface area (Å²) >= 11 is 16.5. The fourth-order valence-electron chi connectivity index (χ4n) is 1.39. The molecule has 13 heavy (non-hydrogen) atoms. The van der Waals surface area contributed by atoms with Crippen LogP contribution in [0.3, 0.4) is 0 Å². The van der Waals surface area contributed by atoms with Gasteiger partial charge in [0, 0.05) is 13.1 Å². The maximum absolute atomic E-state index is 11.5. The fourth-order valence-corrected chi connectivity index (χ4v) is 1.75. The molecule has 0 saturated carbocycles. The van der Waals surface area contributed by atoms with Gasteiger partial charge in [-0.25, -0.2) is 0 Å². The molecule has 1 rings (SSSR count). The first-order valence-electron chi connectivity index (χ1n) is 4.27. The number of likely N-dealkylation sites (tertiary alicyclic amines) is 1. The fraction of sp³-hybridized carbons (Fsp3) is 0.875. The van der Waals surface area contributed by atoms with Gasteiger partial charge in [-0.15, -0.1) is 0 Å². The number of carbonyl (C=O) groups is 1. The van der Waals surface area contributed by atoms with Gasteiger partial charge in [0.25, 0.3) is 9.70 Å². The number of hydrogen-bond donors (Lipinski definition) is 0. The number of alkyl halides is 3. The van der Waals surface area contributed by atoms with Crippen LogP contribution in [-0.2, 0) is 4.79 Å². The molecule has 1 saturated heterocycles. The lowest BCUT2D eigenvalue weighted by molar-refractivity contribution is -0.131. The van der Waals surface area contributed by atoms with Crippen LogP contribution in [0.25, 0.3) is 0 Å². The second kappa shape index (κ2) is 4.24. The van der Waals surface area contributed by atoms with Crippen molar-refractivity contribution in [2.45, 2.75) is 23.6 Å². The maximum Gasteiger partial charge on any atom is 0.274 e. The van der Waals surface area contributed by atoms with Gasteiger partial charge in [0.05, 0.1) is 0 Å². The van der Waals surface area contributed by atoms with Crippen LogP contribution < -0.4 is 0 Å². The van der Waals surface area contributed by atoms with Crippen molar-refractivity contribution >= 4 is 40.7 Å². The lowest BCUT2D eigenvalue weighted by Crippen LogP contribution is -2.43. The van der Waals surface area contributed by atoms with E-state index >= 15 is 0 Å². The molecule has 0 radical (unpaired) electrons. The summed E-state index contributed by atoms with van der Waals surface area (Å²) < 4.78 is -1.79. The third kappa shape index (κ3) is 3.19. The average molecular weight is 245 g/mol. The zero-order valence-electron chi connectivity index (χ0n) is 7.40. The predicted molar refractivity (Wildman–Crippen MR) is 55.3 cm³/mol. The topological polar surface area (TPSA) is 20.3 Å². The summed E-state index contributed by atoms with van der Waals surface area (Å²) in [5, 5.41) is 0. The number of rotatable bonds is 0. The Kier molecular flexibility index (Phi) is 3.73. The molecule has 0 N–H and O–H groups in total. The van der Waals surface area contributed by atoms with E-state index in [1.54, 1.807) is 4.90 Å². The first-order valence-corrected chi connectivity index (χ1v) is 5.40. The Balaban J connectivity index is 2.50. The molecule has 0 spiro atoms. The summed E-state index contributed by atoms with van der Waals surface area (Å²) in [6.45, 7) is 3.57. The Morgan fingerprint density at radius 2 is 1.77 bits per heavy atom. The molecule has 1 fully saturated rings. The van der Waals surface area contributed by atoms with Crippen LogP contribution in [0.2, 0.25) is 0 Å². The van der Waals surface area contributed by atoms with Crippen LogP contribution in [0.15, 0.2) is 0 Å². The van der Waals surface area contributed by atoms with E-state index in [2.05, 4.69) is 6.92 Å². The summed E-state index contributed by atoms with van der Waals surface area (Å²) in [5.41, 5.74) is 0. The standard InChI is InChI=1S/C8H12Cl3NO/c1-6-2-4-12(5-3-6)7(13)8(9,10)11/h6H,2-5H2,1H3. The van der Waals surface area contributed by atoms with Crippen molar-refractivity contribution in [3.63, 3.8) is 0 Å². The molecule has 76 valence electrons. The smallest absolute Gasteiger partial charge is 0.274 e. The van der Waals surface area contributed by atoms with E-state index in [0.717, 1.165) is 12.8 Å². The summed E-state index contributed by atoms with van der Waals surface area (Å²) in [6.07, 6.45) is 1.99. The summed E-state index contributed by atoms with van der Waals surface area (Å²) in [5.74, 6) is 0.267. The first-order chi connectivity index (χ1) is 5.91. The predicted octanol–water partition coefficient (Wildman–Crippen LogP) is 2.62. The minimum atomic E-state index is -1.79. The Labute approximate surface area is 93.1 Å². The Morgan fingerprint density at radius 1 is 1.31 bits per heavy atom. The molecule has 2 nitrogen and oxygen atoms in total. The van der Waals surface area contributed by atoms with Crippen LogP contribution in [0, 0.1) is 5.92 Å². The van der Waals surface area contributed by atoms with Crippen molar-refractivity contribution in [3.8, 4) is 0 Å². The van der Waals surface area contributed by atoms with Crippen LogP contribution in [0.5, 0.6) is 0 Å². The van der Waals surface area contributed by atoms with Crippen LogP contribution in [0.4, 0.5) is 0 Å². The van der Waals surface area contributed by atoms with Gasteiger partial charge < -0.3 is 4.90 Å². The largest absolute Gasteiger partial charge is 0.339 e. The Hall–Kier alpha value is 0.340. The highest BCUT2D eigenvalue weighted by molar-refractivity contribution is 6.76. The van der Waals surface area contributed by atoms with Crippen molar-refractivity contribution in [1.29, 1.82) is 0 Å². The summed E-state index contributed by atoms with van der Waals surface area (Å²) in [7, 11) is 0. The molecule has 0 aromatic rings. The second-order valence-electron chi connectivity index (χ2n) is 3.47. The number of hydrogen-bond acceptors (Lipinski definition) is 1. The molecule has 1 amide bonds. The maximum atomic E-state index is 11.5. The van der Waals surface area contributed by atoms with Crippen LogP contribution in [-0.4, -0.2) is 27.7 Å². The van der Waals surface area contributed by atoms with E-state index in [9.17, 15) is 4.79 Å². The third-order valence-electron chi connectivity index (χ3n) is 2.31. The van der Waals surface area contributed by atoms with Gasteiger partial charge in [-0.3, -0.25) is 4.79 Å². The van der Waals surface area contributed by atoms with Gasteiger partial charge in [0.1, 0.15) is 0 Å². The highest BCUT2D eigenvalue weighted by Gasteiger charge is 2.36. The molecule has 5 heteroatoms. The van der Waals surface area contributed by atoms with Gasteiger partial charge in [-0.1, -0.05) is 41.7 Å². The van der Waals surface area contributed by atoms with E-state index in [-0.39, 0.29) is 0 Å². The number of carbonyl (C=O) groups excluding carboxylic acids is 1. The van der Waals surface area contributed by atoms with Gasteiger partial charge in [0.2, 0.25) is 0 Å². The molecule has 0 atom stereocenters. The minimum Gasteiger partial charge on any atom is -0.339 e. The highest BCUT2D eigenvalue weighted by Crippen LogP contribution is 2.30. The van der Waals surface area contributed by atoms with Crippen molar-refractivity contribution in [2.75, 3.05) is 13.1 Å². The average Bonchev–Trinajstić information content (AvgIpc) is 2.03. The number of piperidine rings is 1. The molecular weight excluding hydrogens is 232 g/mol. The molecule has 1 heterocycles. The lowest BCUT2D eigenvalue weighted by atomic mass is 9.99. The second-order valence-corrected chi connectivity index (χ2v) is 5.75. The lowest BCUT2D eigenvalue weighted by Gasteiger charge is -2.32. The van der Waals surface area contributed by atoms with E-state index in [0.29, 0.717) is 19.0 Å². The number of nitrogens with zero attached hydrogens (tertiary/aromatic N) is 1. The van der Waals surface area contributed by atoms with Gasteiger partial charge in [0.15, 0.2) is 0 Å². The van der Waals surface area contributed by atoms with Gasteiger partial charge in [-0.05, 0) is 18.8 Å². The summed E-state index contributed by atoms with van der Waals surface area (Å²) in [4.78, 5) is 13.1. The van der Waals surface area contributed by atoms with E-state index in [4.69, 9.17) is 34.8 Å². The Bertz CT molecular complexity index is 194. The molecule has 0 aromatic heterocycles. The van der Waals surface area contributed by atoms with Crippen molar-refractivity contribution < 1.29 is 4.79 Å². The SMILES string of the molecule is CC1CCN(C(=O)C(Cl)(Cl)Cl)CC1. The van der Waals surface area contributed by atoms with Crippen LogP contribution >= 0.6 is 34.8 Å². The van der Waals surface area contributed by atoms with E-state index < -0.39 is 9.70 Å². The zero-order valence-corrected chi connectivity index (χ0v) is 9.66. The van der Waals surface area contributed by atoms with Gasteiger partial charge >= 0.3 is 0 Å². The molecule has 0 aromatic carbocycles. The summed E-state index contributed by atoms with van der Waals surface area (Å²) in [6, 6.07) is 0. The van der Waals surface area contributed by atoms with E-state index in [1.165, 1.54) is 0 Å². The Morgan fingerprint density at radius 3 is 2.15 bits per heavy atom. The van der Waals surface area contributed by atoms with Crippen molar-refractivity contribution in [1.82, 2.24) is 4.90 Å². The zero-order chi connectivity index (χ0) is 10.1. The van der Waals surface area contributed by atoms with Crippen LogP contribution in [0.1, 0.15) is 19.8 Å².